The van der Waals surface area contributed by atoms with Gasteiger partial charge < -0.3 is 20.5 Å². The minimum absolute atomic E-state index is 0. The summed E-state index contributed by atoms with van der Waals surface area (Å²) in [5.74, 6) is 0.878. The van der Waals surface area contributed by atoms with Crippen LogP contribution in [0.15, 0.2) is 18.2 Å². The minimum Gasteiger partial charge on any atom is -0.486 e. The fourth-order valence-electron chi connectivity index (χ4n) is 3.27. The molecule has 0 spiro atoms. The van der Waals surface area contributed by atoms with Crippen molar-refractivity contribution < 1.29 is 19.1 Å². The molecule has 3 rings (SSSR count). The first kappa shape index (κ1) is 21.3. The lowest BCUT2D eigenvalue weighted by Crippen LogP contribution is -2.54. The van der Waals surface area contributed by atoms with E-state index in [-0.39, 0.29) is 36.3 Å². The van der Waals surface area contributed by atoms with Crippen molar-refractivity contribution in [2.45, 2.75) is 26.3 Å². The third-order valence-corrected chi connectivity index (χ3v) is 4.81. The molecule has 1 aromatic carbocycles. The maximum absolute atomic E-state index is 12.1. The summed E-state index contributed by atoms with van der Waals surface area (Å²) < 4.78 is 10.9. The molecule has 1 fully saturated rings. The van der Waals surface area contributed by atoms with Crippen molar-refractivity contribution in [2.24, 2.45) is 11.1 Å². The Balaban J connectivity index is 0.00000261. The van der Waals surface area contributed by atoms with Gasteiger partial charge >= 0.3 is 6.03 Å². The van der Waals surface area contributed by atoms with Gasteiger partial charge in [0.05, 0.1) is 6.54 Å². The number of carbonyl (C=O) groups excluding carboxylic acids is 2. The summed E-state index contributed by atoms with van der Waals surface area (Å²) in [7, 11) is 0. The highest BCUT2D eigenvalue weighted by Gasteiger charge is 2.34. The maximum atomic E-state index is 12.1. The number of hydrogen-bond acceptors (Lipinski definition) is 6. The Morgan fingerprint density at radius 1 is 1.26 bits per heavy atom. The number of imide groups is 1. The predicted molar refractivity (Wildman–Crippen MR) is 105 cm³/mol. The Kier molecular flexibility index (Phi) is 6.91. The van der Waals surface area contributed by atoms with E-state index in [4.69, 9.17) is 15.2 Å². The van der Waals surface area contributed by atoms with E-state index < -0.39 is 6.03 Å². The Morgan fingerprint density at radius 3 is 2.67 bits per heavy atom. The molecule has 9 heteroatoms. The molecule has 1 saturated heterocycles. The molecule has 3 amide bonds. The van der Waals surface area contributed by atoms with E-state index in [9.17, 15) is 9.59 Å². The molecule has 1 unspecified atom stereocenters. The first-order valence-corrected chi connectivity index (χ1v) is 8.82. The zero-order chi connectivity index (χ0) is 18.7. The molecule has 4 N–H and O–H groups in total. The van der Waals surface area contributed by atoms with Crippen LogP contribution in [0.2, 0.25) is 0 Å². The van der Waals surface area contributed by atoms with Crippen LogP contribution in [0.1, 0.15) is 20.3 Å². The Hall–Kier alpha value is -2.03. The molecule has 8 nitrogen and oxygen atoms in total. The van der Waals surface area contributed by atoms with E-state index in [1.807, 2.05) is 4.90 Å². The van der Waals surface area contributed by atoms with E-state index in [2.05, 4.69) is 24.5 Å². The van der Waals surface area contributed by atoms with Crippen molar-refractivity contribution in [3.63, 3.8) is 0 Å². The van der Waals surface area contributed by atoms with Gasteiger partial charge in [0.1, 0.15) is 13.2 Å². The Morgan fingerprint density at radius 2 is 1.96 bits per heavy atom. The number of nitrogens with one attached hydrogen (secondary N) is 2. The van der Waals surface area contributed by atoms with Crippen LogP contribution in [0.25, 0.3) is 0 Å². The number of piperidine rings is 1. The van der Waals surface area contributed by atoms with Gasteiger partial charge in [-0.15, -0.1) is 12.4 Å². The number of ether oxygens (including phenoxy) is 2. The van der Waals surface area contributed by atoms with Crippen LogP contribution in [-0.4, -0.2) is 55.7 Å². The summed E-state index contributed by atoms with van der Waals surface area (Å²) in [6.07, 6.45) is 0.837. The van der Waals surface area contributed by atoms with E-state index in [1.165, 1.54) is 0 Å². The van der Waals surface area contributed by atoms with Crippen molar-refractivity contribution >= 4 is 30.0 Å². The second-order valence-electron chi connectivity index (χ2n) is 7.46. The van der Waals surface area contributed by atoms with Crippen molar-refractivity contribution in [3.05, 3.63) is 18.2 Å². The monoisotopic (exact) mass is 398 g/mol. The largest absolute Gasteiger partial charge is 0.486 e. The molecule has 1 aromatic rings. The third kappa shape index (κ3) is 5.47. The fraction of sp³-hybridized carbons (Fsp3) is 0.556. The van der Waals surface area contributed by atoms with Gasteiger partial charge in [-0.05, 0) is 24.0 Å². The summed E-state index contributed by atoms with van der Waals surface area (Å²) in [6.45, 7) is 6.81. The van der Waals surface area contributed by atoms with Crippen LogP contribution < -0.4 is 25.8 Å². The molecule has 1 atom stereocenters. The first-order chi connectivity index (χ1) is 12.3. The summed E-state index contributed by atoms with van der Waals surface area (Å²) in [5, 5.41) is 5.00. The molecule has 0 bridgehead atoms. The lowest BCUT2D eigenvalue weighted by Gasteiger charge is -2.42. The van der Waals surface area contributed by atoms with E-state index in [0.717, 1.165) is 19.5 Å². The van der Waals surface area contributed by atoms with Gasteiger partial charge in [-0.2, -0.15) is 0 Å². The van der Waals surface area contributed by atoms with Crippen LogP contribution in [0.5, 0.6) is 11.5 Å². The quantitative estimate of drug-likeness (QED) is 0.713. The number of likely N-dealkylation sites (tertiary alicyclic amines) is 1. The van der Waals surface area contributed by atoms with Crippen LogP contribution in [0.3, 0.4) is 0 Å². The molecular weight excluding hydrogens is 372 g/mol. The molecule has 0 aliphatic carbocycles. The van der Waals surface area contributed by atoms with Crippen LogP contribution in [0, 0.1) is 5.41 Å². The number of amides is 3. The highest BCUT2D eigenvalue weighted by atomic mass is 35.5. The Bertz CT molecular complexity index is 698. The normalized spacial score (nSPS) is 20.9. The van der Waals surface area contributed by atoms with Crippen molar-refractivity contribution in [2.75, 3.05) is 38.2 Å². The number of nitrogens with two attached hydrogens (primary N) is 1. The molecule has 0 saturated carbocycles. The average molecular weight is 399 g/mol. The lowest BCUT2D eigenvalue weighted by molar-refractivity contribution is -0.121. The lowest BCUT2D eigenvalue weighted by atomic mass is 9.80. The number of fused-ring (bicyclic) bond motifs is 1. The molecule has 27 heavy (non-hydrogen) atoms. The summed E-state index contributed by atoms with van der Waals surface area (Å²) in [4.78, 5) is 26.2. The summed E-state index contributed by atoms with van der Waals surface area (Å²) in [5.41, 5.74) is 6.59. The number of halogens is 1. The van der Waals surface area contributed by atoms with Gasteiger partial charge in [0, 0.05) is 30.9 Å². The number of anilines is 1. The highest BCUT2D eigenvalue weighted by Crippen LogP contribution is 2.32. The van der Waals surface area contributed by atoms with Gasteiger partial charge in [-0.1, -0.05) is 13.8 Å². The minimum atomic E-state index is -0.570. The van der Waals surface area contributed by atoms with Crippen molar-refractivity contribution in [1.82, 2.24) is 10.2 Å². The standard InChI is InChI=1S/C18H26N4O4.ClH/c1-18(2)11-22(6-5-15(18)19)10-16(23)21-17(24)20-12-3-4-13-14(9-12)26-8-7-25-13;/h3-4,9,15H,5-8,10-11,19H2,1-2H3,(H2,20,21,23,24);1H. The van der Waals surface area contributed by atoms with E-state index >= 15 is 0 Å². The Labute approximate surface area is 165 Å². The highest BCUT2D eigenvalue weighted by molar-refractivity contribution is 6.01. The second-order valence-corrected chi connectivity index (χ2v) is 7.46. The van der Waals surface area contributed by atoms with E-state index in [0.29, 0.717) is 30.4 Å². The molecule has 2 aliphatic rings. The van der Waals surface area contributed by atoms with E-state index in [1.54, 1.807) is 18.2 Å². The van der Waals surface area contributed by atoms with Gasteiger partial charge in [0.2, 0.25) is 5.91 Å². The number of benzene rings is 1. The van der Waals surface area contributed by atoms with Crippen LogP contribution >= 0.6 is 12.4 Å². The molecule has 150 valence electrons. The number of nitrogens with zero attached hydrogens (tertiary/aromatic N) is 1. The molecular formula is C18H27ClN4O4. The van der Waals surface area contributed by atoms with Crippen molar-refractivity contribution in [1.29, 1.82) is 0 Å². The van der Waals surface area contributed by atoms with Crippen LogP contribution in [-0.2, 0) is 4.79 Å². The fourth-order valence-corrected chi connectivity index (χ4v) is 3.27. The van der Waals surface area contributed by atoms with Gasteiger partial charge in [0.15, 0.2) is 11.5 Å². The zero-order valence-electron chi connectivity index (χ0n) is 15.6. The second kappa shape index (κ2) is 8.77. The maximum Gasteiger partial charge on any atom is 0.325 e. The smallest absolute Gasteiger partial charge is 0.325 e. The van der Waals surface area contributed by atoms with Gasteiger partial charge in [-0.25, -0.2) is 4.79 Å². The zero-order valence-corrected chi connectivity index (χ0v) is 16.4. The third-order valence-electron chi connectivity index (χ3n) is 4.81. The van der Waals surface area contributed by atoms with Gasteiger partial charge in [0.25, 0.3) is 0 Å². The average Bonchev–Trinajstić information content (AvgIpc) is 2.57. The number of carbonyl (C=O) groups is 2. The summed E-state index contributed by atoms with van der Waals surface area (Å²) >= 11 is 0. The molecule has 2 heterocycles. The van der Waals surface area contributed by atoms with Gasteiger partial charge in [-0.3, -0.25) is 15.0 Å². The SMILES string of the molecule is CC1(C)CN(CC(=O)NC(=O)Nc2ccc3c(c2)OCCO3)CCC1N.Cl. The number of urea groups is 1. The predicted octanol–water partition coefficient (Wildman–Crippen LogP) is 1.59. The topological polar surface area (TPSA) is 106 Å². The first-order valence-electron chi connectivity index (χ1n) is 8.82. The molecule has 2 aliphatic heterocycles. The number of hydrogen-bond donors (Lipinski definition) is 3. The van der Waals surface area contributed by atoms with Crippen LogP contribution in [0.4, 0.5) is 10.5 Å². The molecule has 0 radical (unpaired) electrons. The van der Waals surface area contributed by atoms with Crippen molar-refractivity contribution in [3.8, 4) is 11.5 Å². The summed E-state index contributed by atoms with van der Waals surface area (Å²) in [6, 6.07) is 4.66. The molecule has 0 aromatic heterocycles. The number of rotatable bonds is 3.